The minimum absolute atomic E-state index is 0.0180. The number of quaternary nitrogens is 1. The van der Waals surface area contributed by atoms with Crippen molar-refractivity contribution in [3.05, 3.63) is 24.3 Å². The zero-order valence-corrected chi connectivity index (χ0v) is 23.2. The summed E-state index contributed by atoms with van der Waals surface area (Å²) in [7, 11) is 0.138. The van der Waals surface area contributed by atoms with Crippen molar-refractivity contribution < 1.29 is 38.4 Å². The Balaban J connectivity index is 4.04. The van der Waals surface area contributed by atoms with Gasteiger partial charge in [-0.15, -0.1) is 0 Å². The van der Waals surface area contributed by atoms with Gasteiger partial charge in [0.05, 0.1) is 27.2 Å². The van der Waals surface area contributed by atoms with E-state index in [1.54, 1.807) is 21.1 Å². The zero-order chi connectivity index (χ0) is 26.7. The summed E-state index contributed by atoms with van der Waals surface area (Å²) in [6.07, 6.45) is 16.5. The van der Waals surface area contributed by atoms with E-state index in [2.05, 4.69) is 35.8 Å². The van der Waals surface area contributed by atoms with Gasteiger partial charge in [0.15, 0.2) is 0 Å². The number of unbranched alkanes of at least 4 members (excludes halogenated alkanes) is 8. The molecule has 9 heteroatoms. The number of carbonyl (C=O) groups is 1. The zero-order valence-electron chi connectivity index (χ0n) is 22.3. The molecule has 0 amide bonds. The van der Waals surface area contributed by atoms with Gasteiger partial charge in [-0.3, -0.25) is 9.36 Å². The Morgan fingerprint density at radius 1 is 0.943 bits per heavy atom. The summed E-state index contributed by atoms with van der Waals surface area (Å²) >= 11 is 0. The summed E-state index contributed by atoms with van der Waals surface area (Å²) in [6.45, 7) is 2.23. The summed E-state index contributed by atoms with van der Waals surface area (Å²) in [5, 5.41) is 20.6. The molecule has 0 spiro atoms. The maximum absolute atomic E-state index is 12.2. The summed E-state index contributed by atoms with van der Waals surface area (Å²) in [5.41, 5.74) is 0. The van der Waals surface area contributed by atoms with Crippen LogP contribution in [0, 0.1) is 0 Å². The number of aliphatic hydroxyl groups excluding tert-OH is 2. The first-order chi connectivity index (χ1) is 16.4. The average Bonchev–Trinajstić information content (AvgIpc) is 2.73. The van der Waals surface area contributed by atoms with Crippen LogP contribution < -0.4 is 4.89 Å². The van der Waals surface area contributed by atoms with Crippen LogP contribution in [0.5, 0.6) is 0 Å². The Morgan fingerprint density at radius 2 is 1.49 bits per heavy atom. The van der Waals surface area contributed by atoms with E-state index in [0.29, 0.717) is 12.8 Å². The molecule has 0 bridgehead atoms. The minimum atomic E-state index is -5.11. The Labute approximate surface area is 212 Å². The highest BCUT2D eigenvalue weighted by Gasteiger charge is 2.34. The number of ketones is 1. The van der Waals surface area contributed by atoms with Crippen LogP contribution in [-0.2, 0) is 13.9 Å². The summed E-state index contributed by atoms with van der Waals surface area (Å²) in [4.78, 5) is 32.3. The van der Waals surface area contributed by atoms with Gasteiger partial charge in [-0.1, -0.05) is 63.3 Å². The third-order valence-electron chi connectivity index (χ3n) is 5.61. The maximum Gasteiger partial charge on any atom is 0.265 e. The first-order valence-corrected chi connectivity index (χ1v) is 14.6. The normalized spacial score (nSPS) is 17.0. The van der Waals surface area contributed by atoms with Crippen LogP contribution in [0.1, 0.15) is 90.4 Å². The lowest BCUT2D eigenvalue weighted by molar-refractivity contribution is -0.873. The van der Waals surface area contributed by atoms with Crippen molar-refractivity contribution in [3.8, 4) is 0 Å². The smallest absolute Gasteiger partial charge is 0.265 e. The second kappa shape index (κ2) is 19.3. The van der Waals surface area contributed by atoms with Crippen LogP contribution in [0.4, 0.5) is 0 Å². The van der Waals surface area contributed by atoms with Gasteiger partial charge < -0.3 is 29.0 Å². The third kappa shape index (κ3) is 22.1. The Kier molecular flexibility index (Phi) is 18.8. The second-order valence-corrected chi connectivity index (χ2v) is 11.5. The number of Topliss-reactive ketones (excluding diaryl/α,β-unsaturated/α-hetero) is 1. The number of rotatable bonds is 22. The number of aliphatic hydroxyl groups is 2. The molecular weight excluding hydrogens is 469 g/mol. The number of phosphoric ester groups is 1. The SMILES string of the molecule is CCCCC/C=C\C/C=C\CCCCCCCC(=O)CC(O)C(O)C(C[N+](C)(C)C)OP(=O)([O-])O. The quantitative estimate of drug-likeness (QED) is 0.0853. The fourth-order valence-corrected chi connectivity index (χ4v) is 4.29. The van der Waals surface area contributed by atoms with Crippen molar-refractivity contribution in [2.75, 3.05) is 27.7 Å². The van der Waals surface area contributed by atoms with Gasteiger partial charge in [-0.2, -0.15) is 0 Å². The molecule has 0 aliphatic carbocycles. The molecule has 0 heterocycles. The van der Waals surface area contributed by atoms with Crippen molar-refractivity contribution in [3.63, 3.8) is 0 Å². The molecule has 0 aromatic heterocycles. The van der Waals surface area contributed by atoms with E-state index < -0.39 is 26.1 Å². The highest BCUT2D eigenvalue weighted by Crippen LogP contribution is 2.34. The van der Waals surface area contributed by atoms with Crippen LogP contribution in [-0.4, -0.2) is 71.4 Å². The summed E-state index contributed by atoms with van der Waals surface area (Å²) in [5.74, 6) is -0.194. The molecule has 0 fully saturated rings. The van der Waals surface area contributed by atoms with Crippen molar-refractivity contribution in [1.29, 1.82) is 0 Å². The number of carbonyl (C=O) groups excluding carboxylic acids is 1. The topological polar surface area (TPSA) is 127 Å². The van der Waals surface area contributed by atoms with Gasteiger partial charge in [0.2, 0.25) is 0 Å². The van der Waals surface area contributed by atoms with E-state index in [0.717, 1.165) is 38.5 Å². The molecule has 4 unspecified atom stereocenters. The van der Waals surface area contributed by atoms with E-state index in [9.17, 15) is 24.5 Å². The molecule has 0 aliphatic heterocycles. The molecule has 3 N–H and O–H groups in total. The van der Waals surface area contributed by atoms with Crippen LogP contribution in [0.15, 0.2) is 24.3 Å². The van der Waals surface area contributed by atoms with Gasteiger partial charge in [-0.05, 0) is 38.5 Å². The molecule has 35 heavy (non-hydrogen) atoms. The fourth-order valence-electron chi connectivity index (χ4n) is 3.75. The van der Waals surface area contributed by atoms with Crippen LogP contribution in [0.2, 0.25) is 0 Å². The Morgan fingerprint density at radius 3 is 2.03 bits per heavy atom. The average molecular weight is 520 g/mol. The Bertz CT molecular complexity index is 655. The predicted octanol–water partition coefficient (Wildman–Crippen LogP) is 4.03. The monoisotopic (exact) mass is 519 g/mol. The van der Waals surface area contributed by atoms with Crippen LogP contribution in [0.3, 0.4) is 0 Å². The number of hydrogen-bond donors (Lipinski definition) is 3. The van der Waals surface area contributed by atoms with E-state index >= 15 is 0 Å². The van der Waals surface area contributed by atoms with Gasteiger partial charge in [0.25, 0.3) is 7.82 Å². The number of phosphoric acid groups is 1. The van der Waals surface area contributed by atoms with Gasteiger partial charge in [0, 0.05) is 12.8 Å². The van der Waals surface area contributed by atoms with Crippen LogP contribution in [0.25, 0.3) is 0 Å². The lowest BCUT2D eigenvalue weighted by atomic mass is 9.99. The van der Waals surface area contributed by atoms with Gasteiger partial charge >= 0.3 is 0 Å². The van der Waals surface area contributed by atoms with E-state index in [4.69, 9.17) is 4.89 Å². The fraction of sp³-hybridized carbons (Fsp3) is 0.808. The lowest BCUT2D eigenvalue weighted by Crippen LogP contribution is -2.50. The molecule has 0 rings (SSSR count). The molecule has 0 saturated heterocycles. The number of likely N-dealkylation sites (N-methyl/N-ethyl adjacent to an activating group) is 1. The highest BCUT2D eigenvalue weighted by atomic mass is 31.2. The van der Waals surface area contributed by atoms with Crippen molar-refractivity contribution in [2.24, 2.45) is 0 Å². The molecule has 206 valence electrons. The highest BCUT2D eigenvalue weighted by molar-refractivity contribution is 7.44. The lowest BCUT2D eigenvalue weighted by Gasteiger charge is -2.34. The number of nitrogens with zero attached hydrogens (tertiary/aromatic N) is 1. The molecule has 0 aromatic rings. The van der Waals surface area contributed by atoms with Crippen molar-refractivity contribution in [2.45, 2.75) is 109 Å². The largest absolute Gasteiger partial charge is 0.756 e. The van der Waals surface area contributed by atoms with Gasteiger partial charge in [-0.25, -0.2) is 0 Å². The molecule has 0 aliphatic rings. The van der Waals surface area contributed by atoms with E-state index in [1.165, 1.54) is 25.7 Å². The van der Waals surface area contributed by atoms with E-state index in [1.807, 2.05) is 0 Å². The van der Waals surface area contributed by atoms with Crippen molar-refractivity contribution in [1.82, 2.24) is 0 Å². The van der Waals surface area contributed by atoms with Crippen LogP contribution >= 0.6 is 7.82 Å². The predicted molar refractivity (Wildman–Crippen MR) is 139 cm³/mol. The molecule has 4 atom stereocenters. The molecule has 0 saturated carbocycles. The Hall–Kier alpha value is -0.860. The first-order valence-electron chi connectivity index (χ1n) is 13.1. The first kappa shape index (κ1) is 34.1. The maximum atomic E-state index is 12.2. The standard InChI is InChI=1S/C26H50NO7P/c1-5-6-7-8-9-10-11-12-13-14-15-16-17-18-19-20-23(28)21-24(29)26(30)25(22-27(2,3)4)34-35(31,32)33/h9-10,12-13,24-26,29-30H,5-8,11,14-22H2,1-4H3,(H-,31,32,33)/b10-9-,13-12-. The van der Waals surface area contributed by atoms with E-state index in [-0.39, 0.29) is 23.2 Å². The molecule has 0 radical (unpaired) electrons. The molecule has 8 nitrogen and oxygen atoms in total. The summed E-state index contributed by atoms with van der Waals surface area (Å²) < 4.78 is 15.9. The van der Waals surface area contributed by atoms with Crippen molar-refractivity contribution >= 4 is 13.6 Å². The second-order valence-electron chi connectivity index (χ2n) is 10.4. The number of allylic oxidation sites excluding steroid dienone is 4. The third-order valence-corrected chi connectivity index (χ3v) is 6.15. The molecular formula is C26H50NO7P. The summed E-state index contributed by atoms with van der Waals surface area (Å²) in [6, 6.07) is 0. The number of hydrogen-bond acceptors (Lipinski definition) is 6. The van der Waals surface area contributed by atoms with Gasteiger partial charge in [0.1, 0.15) is 24.5 Å². The molecule has 0 aromatic carbocycles. The minimum Gasteiger partial charge on any atom is -0.756 e.